The Labute approximate surface area is 172 Å². The molecule has 0 atom stereocenters. The lowest BCUT2D eigenvalue weighted by atomic mass is 10.0. The van der Waals surface area contributed by atoms with E-state index in [0.717, 1.165) is 0 Å². The zero-order valence-corrected chi connectivity index (χ0v) is 16.6. The first kappa shape index (κ1) is 22.5. The van der Waals surface area contributed by atoms with Crippen molar-refractivity contribution in [3.05, 3.63) is 71.8 Å². The van der Waals surface area contributed by atoms with Crippen LogP contribution in [0.4, 0.5) is 22.7 Å². The zero-order chi connectivity index (χ0) is 22.4. The number of hydrogen-bond acceptors (Lipinski definition) is 8. The first-order valence-corrected chi connectivity index (χ1v) is 9.24. The van der Waals surface area contributed by atoms with Gasteiger partial charge in [-0.25, -0.2) is 0 Å². The topological polar surface area (TPSA) is 153 Å². The van der Waals surface area contributed by atoms with Gasteiger partial charge in [0, 0.05) is 18.8 Å². The number of rotatable bonds is 4. The van der Waals surface area contributed by atoms with Crippen LogP contribution < -0.4 is 4.90 Å². The largest absolute Gasteiger partial charge is 0.497 e. The number of aryl methyl sites for hydroxylation is 2. The van der Waals surface area contributed by atoms with Crippen molar-refractivity contribution >= 4 is 22.7 Å². The molecule has 1 fully saturated rings. The van der Waals surface area contributed by atoms with Crippen LogP contribution in [0.15, 0.2) is 30.3 Å². The summed E-state index contributed by atoms with van der Waals surface area (Å²) < 4.78 is 0. The summed E-state index contributed by atoms with van der Waals surface area (Å²) in [6.45, 7) is 6.92. The fourth-order valence-electron chi connectivity index (χ4n) is 3.40. The summed E-state index contributed by atoms with van der Waals surface area (Å²) in [5.41, 5.74) is 1.32. The van der Waals surface area contributed by atoms with Gasteiger partial charge in [-0.2, -0.15) is 0 Å². The zero-order valence-electron chi connectivity index (χ0n) is 16.6. The molecular formula is C19H22N4O7. The van der Waals surface area contributed by atoms with E-state index in [0.29, 0.717) is 12.1 Å². The van der Waals surface area contributed by atoms with Crippen LogP contribution in [0.2, 0.25) is 0 Å². The molecule has 0 spiro atoms. The Balaban J connectivity index is 0.000000215. The number of piperidine rings is 1. The molecule has 1 saturated heterocycles. The van der Waals surface area contributed by atoms with E-state index in [1.165, 1.54) is 49.2 Å². The van der Waals surface area contributed by atoms with Gasteiger partial charge in [-0.15, -0.1) is 0 Å². The number of para-hydroxylation sites is 1. The summed E-state index contributed by atoms with van der Waals surface area (Å²) in [6, 6.07) is 7.48. The summed E-state index contributed by atoms with van der Waals surface area (Å²) in [7, 11) is 0. The van der Waals surface area contributed by atoms with Gasteiger partial charge < -0.3 is 10.0 Å². The van der Waals surface area contributed by atoms with Crippen LogP contribution >= 0.6 is 0 Å². The molecule has 1 N–H and O–H groups in total. The normalized spacial score (nSPS) is 13.2. The van der Waals surface area contributed by atoms with Gasteiger partial charge in [0.1, 0.15) is 0 Å². The number of aromatic hydroxyl groups is 1. The third-order valence-electron chi connectivity index (χ3n) is 4.77. The second-order valence-electron chi connectivity index (χ2n) is 6.89. The van der Waals surface area contributed by atoms with Crippen molar-refractivity contribution in [1.29, 1.82) is 0 Å². The first-order chi connectivity index (χ1) is 14.1. The number of nitro benzene ring substituents is 3. The molecule has 30 heavy (non-hydrogen) atoms. The van der Waals surface area contributed by atoms with Crippen LogP contribution in [0.1, 0.15) is 30.4 Å². The second kappa shape index (κ2) is 9.63. The van der Waals surface area contributed by atoms with Crippen LogP contribution in [-0.4, -0.2) is 33.0 Å². The predicted octanol–water partition coefficient (Wildman–Crippen LogP) is 4.41. The van der Waals surface area contributed by atoms with Gasteiger partial charge in [0.15, 0.2) is 0 Å². The van der Waals surface area contributed by atoms with E-state index < -0.39 is 37.6 Å². The molecule has 3 rings (SSSR count). The van der Waals surface area contributed by atoms with Gasteiger partial charge in [0.25, 0.3) is 11.4 Å². The van der Waals surface area contributed by atoms with Gasteiger partial charge in [-0.3, -0.25) is 30.3 Å². The number of anilines is 1. The standard InChI is InChI=1S/C13H19N.C6H3N3O7/c1-11-7-6-8-12(2)13(11)14-9-4-3-5-10-14;10-6-4(8(13)14)1-3(7(11)12)2-5(6)9(15)16/h6-8H,3-5,9-10H2,1-2H3;1-2,10H. The maximum atomic E-state index is 10.4. The summed E-state index contributed by atoms with van der Waals surface area (Å²) in [5, 5.41) is 40.2. The van der Waals surface area contributed by atoms with Gasteiger partial charge in [0.2, 0.25) is 0 Å². The summed E-state index contributed by atoms with van der Waals surface area (Å²) >= 11 is 0. The van der Waals surface area contributed by atoms with Gasteiger partial charge >= 0.3 is 11.4 Å². The summed E-state index contributed by atoms with van der Waals surface area (Å²) in [5.74, 6) is -1.21. The van der Waals surface area contributed by atoms with Crippen LogP contribution in [0, 0.1) is 44.2 Å². The van der Waals surface area contributed by atoms with Crippen LogP contribution in [-0.2, 0) is 0 Å². The molecule has 11 heteroatoms. The third kappa shape index (κ3) is 5.19. The molecule has 0 bridgehead atoms. The van der Waals surface area contributed by atoms with E-state index in [1.807, 2.05) is 0 Å². The van der Waals surface area contributed by atoms with Crippen molar-refractivity contribution < 1.29 is 19.9 Å². The van der Waals surface area contributed by atoms with E-state index in [1.54, 1.807) is 0 Å². The molecule has 1 heterocycles. The van der Waals surface area contributed by atoms with Gasteiger partial charge in [-0.1, -0.05) is 18.2 Å². The van der Waals surface area contributed by atoms with Crippen molar-refractivity contribution in [2.24, 2.45) is 0 Å². The van der Waals surface area contributed by atoms with Crippen molar-refractivity contribution in [2.75, 3.05) is 18.0 Å². The minimum atomic E-state index is -1.21. The highest BCUT2D eigenvalue weighted by Crippen LogP contribution is 2.39. The maximum absolute atomic E-state index is 10.4. The number of nitro groups is 3. The van der Waals surface area contributed by atoms with Gasteiger partial charge in [-0.05, 0) is 44.2 Å². The monoisotopic (exact) mass is 418 g/mol. The summed E-state index contributed by atoms with van der Waals surface area (Å²) in [6.07, 6.45) is 4.11. The minimum absolute atomic E-state index is 0.447. The highest BCUT2D eigenvalue weighted by molar-refractivity contribution is 5.64. The molecule has 0 unspecified atom stereocenters. The summed E-state index contributed by atoms with van der Waals surface area (Å²) in [4.78, 5) is 30.3. The average Bonchev–Trinajstić information content (AvgIpc) is 2.68. The molecule has 1 aliphatic heterocycles. The molecule has 2 aromatic rings. The number of hydrogen-bond donors (Lipinski definition) is 1. The van der Waals surface area contributed by atoms with Crippen LogP contribution in [0.5, 0.6) is 5.75 Å². The fourth-order valence-corrected chi connectivity index (χ4v) is 3.40. The number of phenols is 1. The molecule has 0 saturated carbocycles. The number of non-ortho nitro benzene ring substituents is 1. The van der Waals surface area contributed by atoms with Crippen molar-refractivity contribution in [1.82, 2.24) is 0 Å². The van der Waals surface area contributed by atoms with E-state index in [9.17, 15) is 30.3 Å². The lowest BCUT2D eigenvalue weighted by molar-refractivity contribution is -0.404. The highest BCUT2D eigenvalue weighted by atomic mass is 16.6. The molecule has 1 aliphatic rings. The van der Waals surface area contributed by atoms with Crippen LogP contribution in [0.3, 0.4) is 0 Å². The lowest BCUT2D eigenvalue weighted by Crippen LogP contribution is -2.30. The SMILES string of the molecule is Cc1cccc(C)c1N1CCCCC1.O=[N+]([O-])c1cc([N+](=O)[O-])c(O)c([N+](=O)[O-])c1. The fraction of sp³-hybridized carbons (Fsp3) is 0.368. The average molecular weight is 418 g/mol. The quantitative estimate of drug-likeness (QED) is 0.566. The predicted molar refractivity (Wildman–Crippen MR) is 110 cm³/mol. The van der Waals surface area contributed by atoms with Crippen LogP contribution in [0.25, 0.3) is 0 Å². The smallest absolute Gasteiger partial charge is 0.324 e. The van der Waals surface area contributed by atoms with Gasteiger partial charge in [0.05, 0.1) is 26.9 Å². The Morgan fingerprint density at radius 3 is 1.70 bits per heavy atom. The number of benzene rings is 2. The molecule has 160 valence electrons. The number of nitrogens with zero attached hydrogens (tertiary/aromatic N) is 4. The second-order valence-corrected chi connectivity index (χ2v) is 6.89. The Kier molecular flexibility index (Phi) is 7.23. The number of phenolic OH excluding ortho intramolecular Hbond substituents is 1. The molecule has 0 amide bonds. The third-order valence-corrected chi connectivity index (χ3v) is 4.77. The first-order valence-electron chi connectivity index (χ1n) is 9.24. The minimum Gasteiger partial charge on any atom is -0.497 e. The van der Waals surface area contributed by atoms with E-state index in [2.05, 4.69) is 36.9 Å². The molecule has 0 radical (unpaired) electrons. The molecule has 0 aliphatic carbocycles. The Hall–Kier alpha value is -3.76. The molecular weight excluding hydrogens is 396 g/mol. The Morgan fingerprint density at radius 1 is 0.833 bits per heavy atom. The van der Waals surface area contributed by atoms with Crippen molar-refractivity contribution in [3.8, 4) is 5.75 Å². The van der Waals surface area contributed by atoms with E-state index in [-0.39, 0.29) is 0 Å². The van der Waals surface area contributed by atoms with E-state index in [4.69, 9.17) is 5.11 Å². The molecule has 2 aromatic carbocycles. The maximum Gasteiger partial charge on any atom is 0.324 e. The lowest BCUT2D eigenvalue weighted by Gasteiger charge is -2.31. The molecule has 11 nitrogen and oxygen atoms in total. The van der Waals surface area contributed by atoms with Crippen molar-refractivity contribution in [2.45, 2.75) is 33.1 Å². The molecule has 0 aromatic heterocycles. The van der Waals surface area contributed by atoms with Crippen molar-refractivity contribution in [3.63, 3.8) is 0 Å². The highest BCUT2D eigenvalue weighted by Gasteiger charge is 2.30. The Morgan fingerprint density at radius 2 is 1.30 bits per heavy atom. The Bertz CT molecular complexity index is 916. The van der Waals surface area contributed by atoms with E-state index >= 15 is 0 Å².